The van der Waals surface area contributed by atoms with Crippen LogP contribution in [0, 0.1) is 0 Å². The minimum atomic E-state index is -4.63. The second-order valence-corrected chi connectivity index (χ2v) is 10.6. The molecule has 0 saturated carbocycles. The molecule has 0 N–H and O–H groups in total. The van der Waals surface area contributed by atoms with E-state index in [4.69, 9.17) is 0 Å². The summed E-state index contributed by atoms with van der Waals surface area (Å²) < 4.78 is 80.2. The second-order valence-electron chi connectivity index (χ2n) is 7.21. The van der Waals surface area contributed by atoms with E-state index in [0.29, 0.717) is 19.5 Å². The third-order valence-corrected chi connectivity index (χ3v) is 8.31. The van der Waals surface area contributed by atoms with Crippen LogP contribution < -0.4 is 0 Å². The Labute approximate surface area is 217 Å². The zero-order valence-electron chi connectivity index (χ0n) is 18.0. The zero-order valence-corrected chi connectivity index (χ0v) is 20.4. The molecule has 0 amide bonds. The van der Waals surface area contributed by atoms with E-state index in [-0.39, 0.29) is 22.5 Å². The highest BCUT2D eigenvalue weighted by Gasteiger charge is 2.32. The van der Waals surface area contributed by atoms with Crippen LogP contribution in [0.5, 0.6) is 0 Å². The summed E-state index contributed by atoms with van der Waals surface area (Å²) in [6.45, 7) is 0. The molecule has 0 bridgehead atoms. The molecule has 4 nitrogen and oxygen atoms in total. The summed E-state index contributed by atoms with van der Waals surface area (Å²) in [5.74, 6) is 0. The first-order valence-corrected chi connectivity index (χ1v) is 12.5. The van der Waals surface area contributed by atoms with E-state index in [1.165, 1.54) is 58.7 Å². The molecule has 188 valence electrons. The fourth-order valence-corrected chi connectivity index (χ4v) is 6.77. The number of rotatable bonds is 6. The lowest BCUT2D eigenvalue weighted by atomic mass is 10.0. The molecule has 4 aromatic rings. The van der Waals surface area contributed by atoms with Gasteiger partial charge in [0.1, 0.15) is 0 Å². The van der Waals surface area contributed by atoms with E-state index < -0.39 is 23.5 Å². The van der Waals surface area contributed by atoms with Crippen molar-refractivity contribution in [3.8, 4) is 22.3 Å². The first-order chi connectivity index (χ1) is 17.5. The van der Waals surface area contributed by atoms with Crippen molar-refractivity contribution >= 4 is 58.0 Å². The first kappa shape index (κ1) is 26.6. The Hall–Kier alpha value is -3.47. The van der Waals surface area contributed by atoms with Crippen molar-refractivity contribution in [2.75, 3.05) is 0 Å². The second kappa shape index (κ2) is 10.5. The molecule has 37 heavy (non-hydrogen) atoms. The van der Waals surface area contributed by atoms with E-state index in [1.807, 2.05) is 0 Å². The Morgan fingerprint density at radius 2 is 1.03 bits per heavy atom. The van der Waals surface area contributed by atoms with Crippen LogP contribution in [0.3, 0.4) is 0 Å². The van der Waals surface area contributed by atoms with Crippen LogP contribution in [-0.2, 0) is 21.9 Å². The first-order valence-electron chi connectivity index (χ1n) is 9.94. The summed E-state index contributed by atoms with van der Waals surface area (Å²) in [6, 6.07) is 9.03. The summed E-state index contributed by atoms with van der Waals surface area (Å²) in [5, 5.41) is 3.41. The van der Waals surface area contributed by atoms with Crippen LogP contribution in [0.1, 0.15) is 11.1 Å². The van der Waals surface area contributed by atoms with Gasteiger partial charge in [-0.25, -0.2) is 9.59 Å². The van der Waals surface area contributed by atoms with Crippen molar-refractivity contribution in [2.45, 2.75) is 20.8 Å². The van der Waals surface area contributed by atoms with Crippen molar-refractivity contribution in [3.05, 3.63) is 70.4 Å². The number of alkyl halides is 6. The van der Waals surface area contributed by atoms with E-state index in [2.05, 4.69) is 9.98 Å². The summed E-state index contributed by atoms with van der Waals surface area (Å²) in [6.07, 6.45) is -6.71. The number of carbonyl (C=O) groups excluding carboxylic acids is 2. The molecule has 2 aromatic heterocycles. The van der Waals surface area contributed by atoms with Gasteiger partial charge in [-0.2, -0.15) is 36.3 Å². The van der Waals surface area contributed by atoms with Gasteiger partial charge in [0.05, 0.1) is 30.9 Å². The van der Waals surface area contributed by atoms with Crippen molar-refractivity contribution in [1.82, 2.24) is 0 Å². The van der Waals surface area contributed by atoms with Gasteiger partial charge in [-0.15, -0.1) is 22.7 Å². The highest BCUT2D eigenvalue weighted by Crippen LogP contribution is 2.49. The zero-order chi connectivity index (χ0) is 26.8. The maximum absolute atomic E-state index is 13.2. The van der Waals surface area contributed by atoms with Gasteiger partial charge >= 0.3 is 12.4 Å². The van der Waals surface area contributed by atoms with Crippen molar-refractivity contribution in [3.63, 3.8) is 0 Å². The largest absolute Gasteiger partial charge is 0.416 e. The fourth-order valence-electron chi connectivity index (χ4n) is 3.39. The summed E-state index contributed by atoms with van der Waals surface area (Å²) >= 11 is 3.78. The average molecular weight is 569 g/mol. The molecule has 2 heterocycles. The van der Waals surface area contributed by atoms with Gasteiger partial charge in [0.15, 0.2) is 0 Å². The summed E-state index contributed by atoms with van der Waals surface area (Å²) in [4.78, 5) is 28.7. The Morgan fingerprint density at radius 3 is 1.38 bits per heavy atom. The summed E-state index contributed by atoms with van der Waals surface area (Å²) in [7, 11) is 0. The Kier molecular flexibility index (Phi) is 7.54. The van der Waals surface area contributed by atoms with Gasteiger partial charge < -0.3 is 0 Å². The molecular weight excluding hydrogens is 558 g/mol. The minimum absolute atomic E-state index is 0.207. The number of thiophene rings is 2. The van der Waals surface area contributed by atoms with Crippen LogP contribution in [0.2, 0.25) is 0 Å². The lowest BCUT2D eigenvalue weighted by Crippen LogP contribution is -2.04. The highest BCUT2D eigenvalue weighted by molar-refractivity contribution is 8.03. The van der Waals surface area contributed by atoms with Crippen molar-refractivity contribution in [1.29, 1.82) is 0 Å². The maximum atomic E-state index is 13.2. The average Bonchev–Trinajstić information content (AvgIpc) is 3.48. The Morgan fingerprint density at radius 1 is 0.622 bits per heavy atom. The number of hydrogen-bond donors (Lipinski definition) is 0. The standard InChI is InChI=1S/C24H10F6N2O2S3/c25-23(26,27)13-1-3-15(19(9-13)31-11-33)17-5-7-35-21(17)37-22-18(6-8-36-22)16-4-2-14(24(28,29)30)10-20(16)32-12-34/h1-10H. The number of benzene rings is 2. The number of aliphatic imine (C=N–C) groups is 2. The van der Waals surface area contributed by atoms with Gasteiger partial charge in [0.2, 0.25) is 12.2 Å². The van der Waals surface area contributed by atoms with Crippen LogP contribution in [0.15, 0.2) is 77.7 Å². The topological polar surface area (TPSA) is 58.9 Å². The van der Waals surface area contributed by atoms with Gasteiger partial charge in [0.25, 0.3) is 0 Å². The molecule has 0 radical (unpaired) electrons. The maximum Gasteiger partial charge on any atom is 0.416 e. The Balaban J connectivity index is 1.76. The van der Waals surface area contributed by atoms with Gasteiger partial charge in [-0.3, -0.25) is 0 Å². The molecule has 0 fully saturated rings. The normalized spacial score (nSPS) is 11.6. The molecule has 2 aromatic carbocycles. The van der Waals surface area contributed by atoms with E-state index in [9.17, 15) is 35.9 Å². The number of hydrogen-bond acceptors (Lipinski definition) is 7. The molecular formula is C24H10F6N2O2S3. The fraction of sp³-hybridized carbons (Fsp3) is 0.0833. The van der Waals surface area contributed by atoms with Crippen LogP contribution in [0.4, 0.5) is 37.7 Å². The van der Waals surface area contributed by atoms with Gasteiger partial charge in [-0.05, 0) is 47.2 Å². The molecule has 13 heteroatoms. The third kappa shape index (κ3) is 5.76. The SMILES string of the molecule is O=C=Nc1cc(C(F)(F)F)ccc1-c1ccsc1Sc1sccc1-c1ccc(C(F)(F)F)cc1N=C=O. The van der Waals surface area contributed by atoms with Crippen molar-refractivity contribution < 1.29 is 35.9 Å². The molecule has 0 spiro atoms. The molecule has 0 unspecified atom stereocenters. The quantitative estimate of drug-likeness (QED) is 0.132. The van der Waals surface area contributed by atoms with Crippen molar-refractivity contribution in [2.24, 2.45) is 9.98 Å². The lowest BCUT2D eigenvalue weighted by molar-refractivity contribution is -0.138. The molecule has 0 aliphatic carbocycles. The number of halogens is 6. The molecule has 0 aliphatic heterocycles. The summed E-state index contributed by atoms with van der Waals surface area (Å²) in [5.41, 5.74) is -0.783. The van der Waals surface area contributed by atoms with Gasteiger partial charge in [-0.1, -0.05) is 23.9 Å². The van der Waals surface area contributed by atoms with Crippen LogP contribution in [-0.4, -0.2) is 12.2 Å². The van der Waals surface area contributed by atoms with E-state index in [0.717, 1.165) is 24.3 Å². The predicted octanol–water partition coefficient (Wildman–Crippen LogP) is 9.27. The van der Waals surface area contributed by atoms with Crippen LogP contribution >= 0.6 is 34.4 Å². The Bertz CT molecular complexity index is 1440. The molecule has 4 rings (SSSR count). The molecule has 0 atom stereocenters. The van der Waals surface area contributed by atoms with Crippen LogP contribution in [0.25, 0.3) is 22.3 Å². The predicted molar refractivity (Wildman–Crippen MR) is 129 cm³/mol. The number of nitrogens with zero attached hydrogens (tertiary/aromatic N) is 2. The highest BCUT2D eigenvalue weighted by atomic mass is 32.2. The van der Waals surface area contributed by atoms with E-state index >= 15 is 0 Å². The molecule has 0 aliphatic rings. The lowest BCUT2D eigenvalue weighted by Gasteiger charge is -2.12. The monoisotopic (exact) mass is 568 g/mol. The van der Waals surface area contributed by atoms with E-state index in [1.54, 1.807) is 22.9 Å². The third-order valence-electron chi connectivity index (χ3n) is 5.01. The van der Waals surface area contributed by atoms with Gasteiger partial charge in [0, 0.05) is 22.3 Å². The molecule has 0 saturated heterocycles. The number of isocyanates is 2. The minimum Gasteiger partial charge on any atom is -0.211 e. The smallest absolute Gasteiger partial charge is 0.211 e.